The molecule has 0 amide bonds. The molecule has 88 valence electrons. The minimum Gasteiger partial charge on any atom is -0.455 e. The SMILES string of the molecule is COCc1ccc(C(=O)c2cccc(N)c2)o1. The van der Waals surface area contributed by atoms with Crippen LogP contribution in [0.1, 0.15) is 21.9 Å². The molecule has 0 saturated carbocycles. The second-order valence-electron chi connectivity index (χ2n) is 3.65. The van der Waals surface area contributed by atoms with Crippen LogP contribution in [0.5, 0.6) is 0 Å². The predicted octanol–water partition coefficient (Wildman–Crippen LogP) is 2.24. The van der Waals surface area contributed by atoms with Crippen LogP contribution in [0.3, 0.4) is 0 Å². The van der Waals surface area contributed by atoms with E-state index in [9.17, 15) is 4.79 Å². The number of ether oxygens (including phenoxy) is 1. The van der Waals surface area contributed by atoms with Crippen molar-refractivity contribution in [3.05, 3.63) is 53.5 Å². The van der Waals surface area contributed by atoms with Crippen LogP contribution >= 0.6 is 0 Å². The summed E-state index contributed by atoms with van der Waals surface area (Å²) >= 11 is 0. The Kier molecular flexibility index (Phi) is 3.25. The zero-order valence-electron chi connectivity index (χ0n) is 9.47. The third-order valence-corrected chi connectivity index (χ3v) is 2.32. The number of nitrogens with two attached hydrogens (primary N) is 1. The molecule has 0 radical (unpaired) electrons. The van der Waals surface area contributed by atoms with Gasteiger partial charge in [-0.05, 0) is 24.3 Å². The lowest BCUT2D eigenvalue weighted by Gasteiger charge is -1.99. The first kappa shape index (κ1) is 11.4. The molecule has 2 N–H and O–H groups in total. The van der Waals surface area contributed by atoms with Gasteiger partial charge in [-0.25, -0.2) is 0 Å². The first-order valence-corrected chi connectivity index (χ1v) is 5.18. The minimum absolute atomic E-state index is 0.181. The van der Waals surface area contributed by atoms with Crippen LogP contribution in [0, 0.1) is 0 Å². The van der Waals surface area contributed by atoms with Gasteiger partial charge in [0.25, 0.3) is 0 Å². The summed E-state index contributed by atoms with van der Waals surface area (Å²) in [5, 5.41) is 0. The third kappa shape index (κ3) is 2.54. The molecule has 0 atom stereocenters. The molecular weight excluding hydrogens is 218 g/mol. The van der Waals surface area contributed by atoms with E-state index in [-0.39, 0.29) is 5.78 Å². The van der Waals surface area contributed by atoms with Crippen LogP contribution < -0.4 is 5.73 Å². The van der Waals surface area contributed by atoms with Gasteiger partial charge in [-0.3, -0.25) is 4.79 Å². The highest BCUT2D eigenvalue weighted by Crippen LogP contribution is 2.15. The van der Waals surface area contributed by atoms with Crippen molar-refractivity contribution in [2.75, 3.05) is 12.8 Å². The van der Waals surface area contributed by atoms with Crippen molar-refractivity contribution in [2.45, 2.75) is 6.61 Å². The normalized spacial score (nSPS) is 10.4. The monoisotopic (exact) mass is 231 g/mol. The molecule has 0 saturated heterocycles. The molecule has 17 heavy (non-hydrogen) atoms. The van der Waals surface area contributed by atoms with Gasteiger partial charge in [-0.15, -0.1) is 0 Å². The van der Waals surface area contributed by atoms with Gasteiger partial charge < -0.3 is 14.9 Å². The fourth-order valence-electron chi connectivity index (χ4n) is 1.54. The Morgan fingerprint density at radius 1 is 1.35 bits per heavy atom. The van der Waals surface area contributed by atoms with Gasteiger partial charge in [-0.2, -0.15) is 0 Å². The maximum atomic E-state index is 12.0. The number of hydrogen-bond acceptors (Lipinski definition) is 4. The largest absolute Gasteiger partial charge is 0.455 e. The van der Waals surface area contributed by atoms with E-state index in [1.54, 1.807) is 43.5 Å². The van der Waals surface area contributed by atoms with Crippen molar-refractivity contribution in [3.63, 3.8) is 0 Å². The Hall–Kier alpha value is -2.07. The van der Waals surface area contributed by atoms with Gasteiger partial charge in [-0.1, -0.05) is 12.1 Å². The molecule has 1 heterocycles. The topological polar surface area (TPSA) is 65.5 Å². The summed E-state index contributed by atoms with van der Waals surface area (Å²) < 4.78 is 10.3. The molecule has 2 aromatic rings. The van der Waals surface area contributed by atoms with Gasteiger partial charge in [0.05, 0.1) is 0 Å². The summed E-state index contributed by atoms with van der Waals surface area (Å²) in [4.78, 5) is 12.0. The Bertz CT molecular complexity index is 531. The molecule has 0 spiro atoms. The Morgan fingerprint density at radius 2 is 2.18 bits per heavy atom. The van der Waals surface area contributed by atoms with E-state index in [2.05, 4.69) is 0 Å². The van der Waals surface area contributed by atoms with Gasteiger partial charge in [0.1, 0.15) is 12.4 Å². The van der Waals surface area contributed by atoms with Crippen molar-refractivity contribution in [1.82, 2.24) is 0 Å². The third-order valence-electron chi connectivity index (χ3n) is 2.32. The summed E-state index contributed by atoms with van der Waals surface area (Å²) in [6.07, 6.45) is 0. The highest BCUT2D eigenvalue weighted by molar-refractivity contribution is 6.07. The first-order valence-electron chi connectivity index (χ1n) is 5.18. The number of ketones is 1. The molecule has 1 aromatic heterocycles. The van der Waals surface area contributed by atoms with E-state index in [0.29, 0.717) is 29.4 Å². The van der Waals surface area contributed by atoms with E-state index in [4.69, 9.17) is 14.9 Å². The lowest BCUT2D eigenvalue weighted by Crippen LogP contribution is -2.00. The number of hydrogen-bond donors (Lipinski definition) is 1. The maximum absolute atomic E-state index is 12.0. The predicted molar refractivity (Wildman–Crippen MR) is 63.7 cm³/mol. The number of rotatable bonds is 4. The number of furan rings is 1. The fourth-order valence-corrected chi connectivity index (χ4v) is 1.54. The summed E-state index contributed by atoms with van der Waals surface area (Å²) in [6, 6.07) is 10.2. The van der Waals surface area contributed by atoms with E-state index in [1.165, 1.54) is 0 Å². The second-order valence-corrected chi connectivity index (χ2v) is 3.65. The average Bonchev–Trinajstić information content (AvgIpc) is 2.77. The fraction of sp³-hybridized carbons (Fsp3) is 0.154. The second kappa shape index (κ2) is 4.84. The standard InChI is InChI=1S/C13H13NO3/c1-16-8-11-5-6-12(17-11)13(15)9-3-2-4-10(14)7-9/h2-7H,8,14H2,1H3. The number of nitrogen functional groups attached to an aromatic ring is 1. The van der Waals surface area contributed by atoms with E-state index in [0.717, 1.165) is 0 Å². The number of carbonyl (C=O) groups excluding carboxylic acids is 1. The number of carbonyl (C=O) groups is 1. The van der Waals surface area contributed by atoms with E-state index >= 15 is 0 Å². The van der Waals surface area contributed by atoms with E-state index < -0.39 is 0 Å². The van der Waals surface area contributed by atoms with Crippen LogP contribution in [0.25, 0.3) is 0 Å². The van der Waals surface area contributed by atoms with Gasteiger partial charge in [0.15, 0.2) is 5.76 Å². The number of benzene rings is 1. The molecule has 1 aromatic carbocycles. The molecule has 4 heteroatoms. The molecule has 4 nitrogen and oxygen atoms in total. The van der Waals surface area contributed by atoms with Crippen LogP contribution in [-0.4, -0.2) is 12.9 Å². The van der Waals surface area contributed by atoms with Gasteiger partial charge >= 0.3 is 0 Å². The van der Waals surface area contributed by atoms with Crippen molar-refractivity contribution in [2.24, 2.45) is 0 Å². The van der Waals surface area contributed by atoms with Crippen molar-refractivity contribution >= 4 is 11.5 Å². The van der Waals surface area contributed by atoms with Crippen molar-refractivity contribution in [3.8, 4) is 0 Å². The molecule has 0 aliphatic heterocycles. The summed E-state index contributed by atoms with van der Waals surface area (Å²) in [5.74, 6) is 0.738. The molecule has 0 fully saturated rings. The summed E-state index contributed by atoms with van der Waals surface area (Å²) in [6.45, 7) is 0.351. The molecule has 0 aliphatic rings. The van der Waals surface area contributed by atoms with Crippen molar-refractivity contribution < 1.29 is 13.9 Å². The molecule has 0 bridgehead atoms. The number of anilines is 1. The Morgan fingerprint density at radius 3 is 2.88 bits per heavy atom. The Labute approximate surface area is 99.0 Å². The molecule has 0 aliphatic carbocycles. The van der Waals surface area contributed by atoms with Crippen LogP contribution in [0.15, 0.2) is 40.8 Å². The van der Waals surface area contributed by atoms with Crippen LogP contribution in [-0.2, 0) is 11.3 Å². The average molecular weight is 231 g/mol. The van der Waals surface area contributed by atoms with E-state index in [1.807, 2.05) is 0 Å². The number of methoxy groups -OCH3 is 1. The quantitative estimate of drug-likeness (QED) is 0.647. The maximum Gasteiger partial charge on any atom is 0.228 e. The zero-order chi connectivity index (χ0) is 12.3. The molecule has 2 rings (SSSR count). The minimum atomic E-state index is -0.181. The van der Waals surface area contributed by atoms with Crippen molar-refractivity contribution in [1.29, 1.82) is 0 Å². The lowest BCUT2D eigenvalue weighted by molar-refractivity contribution is 0.1000. The van der Waals surface area contributed by atoms with Gasteiger partial charge in [0, 0.05) is 18.4 Å². The Balaban J connectivity index is 2.24. The molecule has 0 unspecified atom stereocenters. The first-order chi connectivity index (χ1) is 8.20. The molecular formula is C13H13NO3. The highest BCUT2D eigenvalue weighted by atomic mass is 16.5. The zero-order valence-corrected chi connectivity index (χ0v) is 9.47. The smallest absolute Gasteiger partial charge is 0.228 e. The van der Waals surface area contributed by atoms with Gasteiger partial charge in [0.2, 0.25) is 5.78 Å². The summed E-state index contributed by atoms with van der Waals surface area (Å²) in [7, 11) is 1.57. The van der Waals surface area contributed by atoms with Crippen LogP contribution in [0.4, 0.5) is 5.69 Å². The summed E-state index contributed by atoms with van der Waals surface area (Å²) in [5.41, 5.74) is 6.70. The lowest BCUT2D eigenvalue weighted by atomic mass is 10.1. The van der Waals surface area contributed by atoms with Crippen LogP contribution in [0.2, 0.25) is 0 Å². The highest BCUT2D eigenvalue weighted by Gasteiger charge is 2.13.